The molecule has 1 atom stereocenters. The summed E-state index contributed by atoms with van der Waals surface area (Å²) in [6.07, 6.45) is 6.59. The number of likely N-dealkylation sites (tertiary alicyclic amines) is 1. The van der Waals surface area contributed by atoms with Gasteiger partial charge in [-0.05, 0) is 69.6 Å². The Morgan fingerprint density at radius 1 is 0.951 bits per heavy atom. The lowest BCUT2D eigenvalue weighted by Crippen LogP contribution is -2.49. The van der Waals surface area contributed by atoms with E-state index in [9.17, 15) is 4.79 Å². The molecule has 3 heterocycles. The largest absolute Gasteiger partial charge is 0.493 e. The molecular weight excluding hydrogens is 520 g/mol. The second-order valence-electron chi connectivity index (χ2n) is 10.9. The lowest BCUT2D eigenvalue weighted by atomic mass is 10.1. The van der Waals surface area contributed by atoms with Crippen LogP contribution in [0.1, 0.15) is 43.0 Å². The molecule has 220 valence electrons. The molecular formula is C31H42N6O4. The number of methoxy groups -OCH3 is 1. The van der Waals surface area contributed by atoms with Crippen LogP contribution < -0.4 is 24.8 Å². The highest BCUT2D eigenvalue weighted by molar-refractivity contribution is 5.93. The van der Waals surface area contributed by atoms with E-state index < -0.39 is 5.91 Å². The summed E-state index contributed by atoms with van der Waals surface area (Å²) in [5.74, 6) is 2.65. The van der Waals surface area contributed by atoms with E-state index in [0.717, 1.165) is 73.9 Å². The number of piperidine rings is 1. The minimum atomic E-state index is -0.440. The van der Waals surface area contributed by atoms with E-state index in [2.05, 4.69) is 31.6 Å². The monoisotopic (exact) mass is 562 g/mol. The van der Waals surface area contributed by atoms with Crippen LogP contribution in [0, 0.1) is 0 Å². The minimum absolute atomic E-state index is 0.00314. The predicted octanol–water partition coefficient (Wildman–Crippen LogP) is 3.58. The molecule has 2 aromatic carbocycles. The van der Waals surface area contributed by atoms with Gasteiger partial charge in [-0.15, -0.1) is 0 Å². The fraction of sp³-hybridized carbons (Fsp3) is 0.516. The van der Waals surface area contributed by atoms with Gasteiger partial charge in [0, 0.05) is 56.3 Å². The Hall–Kier alpha value is -3.63. The second-order valence-corrected chi connectivity index (χ2v) is 10.9. The first kappa shape index (κ1) is 28.9. The first-order valence-corrected chi connectivity index (χ1v) is 14.7. The van der Waals surface area contributed by atoms with Crippen LogP contribution in [-0.2, 0) is 0 Å². The zero-order chi connectivity index (χ0) is 28.6. The van der Waals surface area contributed by atoms with Gasteiger partial charge in [0.25, 0.3) is 0 Å². The molecule has 2 fully saturated rings. The molecule has 10 heteroatoms. The Morgan fingerprint density at radius 2 is 1.71 bits per heavy atom. The van der Waals surface area contributed by atoms with Gasteiger partial charge in [-0.25, -0.2) is 9.97 Å². The van der Waals surface area contributed by atoms with Gasteiger partial charge in [-0.1, -0.05) is 6.42 Å². The van der Waals surface area contributed by atoms with Crippen LogP contribution in [-0.4, -0.2) is 97.9 Å². The smallest absolute Gasteiger partial charge is 0.248 e. The fourth-order valence-corrected chi connectivity index (χ4v) is 5.70. The Labute approximate surface area is 242 Å². The van der Waals surface area contributed by atoms with Gasteiger partial charge >= 0.3 is 0 Å². The predicted molar refractivity (Wildman–Crippen MR) is 160 cm³/mol. The number of carbonyl (C=O) groups is 1. The number of rotatable bonds is 12. The standard InChI is InChI=1S/C31H42N6O4/c1-23(41-25-9-7-24(8-10-25)30(32)38)21-36-14-16-37(17-15-36)31-26-19-28(39-2)29(20-27(26)33-22-34-31)40-18-6-13-35-11-4-3-5-12-35/h7-10,19-20,22-23H,3-6,11-18,21H2,1-2H3,(H2,32,38). The van der Waals surface area contributed by atoms with Crippen molar-refractivity contribution in [2.75, 3.05) is 71.0 Å². The van der Waals surface area contributed by atoms with E-state index >= 15 is 0 Å². The van der Waals surface area contributed by atoms with E-state index in [-0.39, 0.29) is 6.10 Å². The van der Waals surface area contributed by atoms with Crippen LogP contribution in [0.25, 0.3) is 10.9 Å². The lowest BCUT2D eigenvalue weighted by Gasteiger charge is -2.36. The molecule has 10 nitrogen and oxygen atoms in total. The molecule has 1 unspecified atom stereocenters. The molecule has 5 rings (SSSR count). The molecule has 0 bridgehead atoms. The third-order valence-electron chi connectivity index (χ3n) is 7.89. The van der Waals surface area contributed by atoms with Crippen LogP contribution in [0.15, 0.2) is 42.7 Å². The van der Waals surface area contributed by atoms with Crippen LogP contribution in [0.4, 0.5) is 5.82 Å². The molecule has 1 aromatic heterocycles. The number of nitrogens with zero attached hydrogens (tertiary/aromatic N) is 5. The Morgan fingerprint density at radius 3 is 2.41 bits per heavy atom. The van der Waals surface area contributed by atoms with E-state index in [4.69, 9.17) is 19.9 Å². The number of ether oxygens (including phenoxy) is 3. The summed E-state index contributed by atoms with van der Waals surface area (Å²) in [5, 5.41) is 0.967. The lowest BCUT2D eigenvalue weighted by molar-refractivity contribution is 0.1000. The molecule has 0 saturated carbocycles. The number of hydrogen-bond acceptors (Lipinski definition) is 9. The number of aromatic nitrogens is 2. The normalized spacial score (nSPS) is 17.4. The quantitative estimate of drug-likeness (QED) is 0.332. The van der Waals surface area contributed by atoms with E-state index in [1.807, 2.05) is 12.1 Å². The Bertz CT molecular complexity index is 1290. The minimum Gasteiger partial charge on any atom is -0.493 e. The van der Waals surface area contributed by atoms with E-state index in [0.29, 0.717) is 17.9 Å². The topological polar surface area (TPSA) is 106 Å². The molecule has 0 radical (unpaired) electrons. The molecule has 41 heavy (non-hydrogen) atoms. The fourth-order valence-electron chi connectivity index (χ4n) is 5.70. The van der Waals surface area contributed by atoms with Gasteiger partial charge in [-0.2, -0.15) is 0 Å². The molecule has 2 N–H and O–H groups in total. The summed E-state index contributed by atoms with van der Waals surface area (Å²) in [6.45, 7) is 10.5. The number of carbonyl (C=O) groups excluding carboxylic acids is 1. The highest BCUT2D eigenvalue weighted by Gasteiger charge is 2.23. The number of benzene rings is 2. The number of hydrogen-bond donors (Lipinski definition) is 1. The number of fused-ring (bicyclic) bond motifs is 1. The van der Waals surface area contributed by atoms with E-state index in [1.165, 1.54) is 32.4 Å². The maximum Gasteiger partial charge on any atom is 0.248 e. The van der Waals surface area contributed by atoms with Crippen molar-refractivity contribution in [3.8, 4) is 17.2 Å². The Kier molecular flexibility index (Phi) is 9.74. The number of nitrogens with two attached hydrogens (primary N) is 1. The highest BCUT2D eigenvalue weighted by Crippen LogP contribution is 2.35. The summed E-state index contributed by atoms with van der Waals surface area (Å²) < 4.78 is 17.9. The van der Waals surface area contributed by atoms with Crippen molar-refractivity contribution in [1.82, 2.24) is 19.8 Å². The summed E-state index contributed by atoms with van der Waals surface area (Å²) in [4.78, 5) is 27.7. The number of primary amides is 1. The van der Waals surface area contributed by atoms with Gasteiger partial charge in [0.05, 0.1) is 19.2 Å². The highest BCUT2D eigenvalue weighted by atomic mass is 16.5. The van der Waals surface area contributed by atoms with Crippen molar-refractivity contribution in [3.63, 3.8) is 0 Å². The number of amides is 1. The van der Waals surface area contributed by atoms with Gasteiger partial charge in [0.15, 0.2) is 11.5 Å². The van der Waals surface area contributed by atoms with Crippen LogP contribution in [0.2, 0.25) is 0 Å². The van der Waals surface area contributed by atoms with Crippen LogP contribution in [0.3, 0.4) is 0 Å². The van der Waals surface area contributed by atoms with Gasteiger partial charge < -0.3 is 29.7 Å². The molecule has 2 aliphatic rings. The SMILES string of the molecule is COc1cc2c(N3CCN(CC(C)Oc4ccc(C(N)=O)cc4)CC3)ncnc2cc1OCCCN1CCCCC1. The summed E-state index contributed by atoms with van der Waals surface area (Å²) in [5.41, 5.74) is 6.66. The number of anilines is 1. The number of piperazine rings is 1. The molecule has 0 spiro atoms. The first-order valence-electron chi connectivity index (χ1n) is 14.7. The van der Waals surface area contributed by atoms with Crippen LogP contribution >= 0.6 is 0 Å². The van der Waals surface area contributed by atoms with Crippen LogP contribution in [0.5, 0.6) is 17.2 Å². The molecule has 2 saturated heterocycles. The average Bonchev–Trinajstić information content (AvgIpc) is 2.99. The molecule has 2 aliphatic heterocycles. The summed E-state index contributed by atoms with van der Waals surface area (Å²) in [6, 6.07) is 10.9. The molecule has 3 aromatic rings. The average molecular weight is 563 g/mol. The van der Waals surface area contributed by atoms with Gasteiger partial charge in [-0.3, -0.25) is 9.69 Å². The Balaban J connectivity index is 1.15. The molecule has 1 amide bonds. The van der Waals surface area contributed by atoms with Gasteiger partial charge in [0.2, 0.25) is 5.91 Å². The summed E-state index contributed by atoms with van der Waals surface area (Å²) >= 11 is 0. The van der Waals surface area contributed by atoms with Crippen molar-refractivity contribution >= 4 is 22.6 Å². The second kappa shape index (κ2) is 13.8. The van der Waals surface area contributed by atoms with Crippen molar-refractivity contribution in [1.29, 1.82) is 0 Å². The van der Waals surface area contributed by atoms with Crippen molar-refractivity contribution in [3.05, 3.63) is 48.3 Å². The third kappa shape index (κ3) is 7.56. The van der Waals surface area contributed by atoms with Crippen molar-refractivity contribution < 1.29 is 19.0 Å². The first-order chi connectivity index (χ1) is 20.0. The third-order valence-corrected chi connectivity index (χ3v) is 7.89. The maximum atomic E-state index is 11.3. The molecule has 0 aliphatic carbocycles. The zero-order valence-corrected chi connectivity index (χ0v) is 24.3. The maximum absolute atomic E-state index is 11.3. The summed E-state index contributed by atoms with van der Waals surface area (Å²) in [7, 11) is 1.68. The van der Waals surface area contributed by atoms with Crippen molar-refractivity contribution in [2.24, 2.45) is 5.73 Å². The van der Waals surface area contributed by atoms with Gasteiger partial charge in [0.1, 0.15) is 24.0 Å². The zero-order valence-electron chi connectivity index (χ0n) is 24.3. The van der Waals surface area contributed by atoms with E-state index in [1.54, 1.807) is 37.7 Å². The van der Waals surface area contributed by atoms with Crippen molar-refractivity contribution in [2.45, 2.75) is 38.7 Å².